The van der Waals surface area contributed by atoms with E-state index in [1.54, 1.807) is 7.05 Å². The summed E-state index contributed by atoms with van der Waals surface area (Å²) < 4.78 is 34.4. The van der Waals surface area contributed by atoms with Gasteiger partial charge in [-0.15, -0.1) is 6.58 Å². The number of rotatable bonds is 15. The molecule has 2 fully saturated rings. The summed E-state index contributed by atoms with van der Waals surface area (Å²) >= 11 is 12.9. The molecule has 1 saturated carbocycles. The van der Waals surface area contributed by atoms with E-state index in [-0.39, 0.29) is 42.3 Å². The minimum Gasteiger partial charge on any atom is -0.381 e. The van der Waals surface area contributed by atoms with Crippen LogP contribution in [0.25, 0.3) is 0 Å². The first-order valence-corrected chi connectivity index (χ1v) is 21.7. The molecule has 1 heterocycles. The molecule has 242 valence electrons. The van der Waals surface area contributed by atoms with Crippen LogP contribution in [0.4, 0.5) is 0 Å². The number of allylic oxidation sites excluding steroid dienone is 1. The van der Waals surface area contributed by atoms with Crippen LogP contribution in [0.1, 0.15) is 62.1 Å². The Kier molecular flexibility index (Phi) is 11.5. The molecule has 4 atom stereocenters. The predicted octanol–water partition coefficient (Wildman–Crippen LogP) is 8.17. The van der Waals surface area contributed by atoms with Crippen molar-refractivity contribution in [1.29, 1.82) is 0 Å². The number of likely N-dealkylation sites (tertiary alicyclic amines) is 1. The topological polar surface area (TPSA) is 66.9 Å². The fourth-order valence-electron chi connectivity index (χ4n) is 6.40. The van der Waals surface area contributed by atoms with Crippen LogP contribution in [0, 0.1) is 5.41 Å². The Balaban J connectivity index is 1.85. The smallest absolute Gasteiger partial charge is 0.232 e. The summed E-state index contributed by atoms with van der Waals surface area (Å²) in [7, 11) is -3.13. The van der Waals surface area contributed by atoms with Gasteiger partial charge in [0.1, 0.15) is 0 Å². The molecular weight excluding hydrogens is 631 g/mol. The molecule has 2 aromatic carbocycles. The van der Waals surface area contributed by atoms with Gasteiger partial charge in [0, 0.05) is 50.3 Å². The third-order valence-corrected chi connectivity index (χ3v) is 13.6. The number of ether oxygens (including phenoxy) is 1. The first-order valence-electron chi connectivity index (χ1n) is 15.7. The van der Waals surface area contributed by atoms with Crippen LogP contribution in [0.15, 0.2) is 61.2 Å². The molecule has 1 saturated heterocycles. The van der Waals surface area contributed by atoms with E-state index in [1.807, 2.05) is 60.4 Å². The van der Waals surface area contributed by atoms with Crippen molar-refractivity contribution < 1.29 is 17.9 Å². The van der Waals surface area contributed by atoms with Crippen LogP contribution in [0.3, 0.4) is 0 Å². The van der Waals surface area contributed by atoms with Gasteiger partial charge >= 0.3 is 0 Å². The molecule has 1 aliphatic heterocycles. The van der Waals surface area contributed by atoms with Crippen molar-refractivity contribution in [3.8, 4) is 0 Å². The average molecular weight is 680 g/mol. The predicted molar refractivity (Wildman–Crippen MR) is 185 cm³/mol. The van der Waals surface area contributed by atoms with Crippen molar-refractivity contribution in [3.63, 3.8) is 0 Å². The lowest BCUT2D eigenvalue weighted by Crippen LogP contribution is -2.59. The van der Waals surface area contributed by atoms with Gasteiger partial charge in [0.25, 0.3) is 0 Å². The van der Waals surface area contributed by atoms with Gasteiger partial charge in [-0.3, -0.25) is 4.79 Å². The Morgan fingerprint density at radius 1 is 1.11 bits per heavy atom. The summed E-state index contributed by atoms with van der Waals surface area (Å²) in [6.07, 6.45) is 4.78. The van der Waals surface area contributed by atoms with E-state index in [0.29, 0.717) is 48.8 Å². The zero-order valence-electron chi connectivity index (χ0n) is 26.8. The number of carbonyl (C=O) groups is 1. The molecule has 0 radical (unpaired) electrons. The van der Waals surface area contributed by atoms with Crippen LogP contribution in [-0.2, 0) is 19.6 Å². The zero-order valence-corrected chi connectivity index (χ0v) is 30.1. The first-order chi connectivity index (χ1) is 20.7. The summed E-state index contributed by atoms with van der Waals surface area (Å²) in [5.74, 6) is -0.153. The SMILES string of the molecule is C=CC[C@@]1(COCC[Si](C)(C)C)C[C@H](c2cccc(Cl)c2)[C@@H](c2ccc(Cl)cc2)N([C@H](CC)CN(C)S(=O)(=O)C2CC2)C1=O. The zero-order chi connectivity index (χ0) is 32.3. The van der Waals surface area contributed by atoms with Gasteiger partial charge in [0.15, 0.2) is 0 Å². The monoisotopic (exact) mass is 678 g/mol. The van der Waals surface area contributed by atoms with E-state index in [4.69, 9.17) is 27.9 Å². The van der Waals surface area contributed by atoms with Gasteiger partial charge < -0.3 is 9.64 Å². The lowest BCUT2D eigenvalue weighted by atomic mass is 9.66. The van der Waals surface area contributed by atoms with Crippen LogP contribution < -0.4 is 0 Å². The van der Waals surface area contributed by atoms with Crippen LogP contribution in [0.2, 0.25) is 35.7 Å². The number of hydrogen-bond acceptors (Lipinski definition) is 4. The quantitative estimate of drug-likeness (QED) is 0.108. The Hall–Kier alpha value is -1.68. The fraction of sp³-hybridized carbons (Fsp3) is 0.559. The summed E-state index contributed by atoms with van der Waals surface area (Å²) in [5.41, 5.74) is 1.11. The lowest BCUT2D eigenvalue weighted by molar-refractivity contribution is -0.161. The normalized spacial score (nSPS) is 23.6. The largest absolute Gasteiger partial charge is 0.381 e. The van der Waals surface area contributed by atoms with Crippen molar-refractivity contribution in [2.75, 3.05) is 26.8 Å². The molecule has 2 aliphatic rings. The maximum absolute atomic E-state index is 15.1. The molecule has 44 heavy (non-hydrogen) atoms. The molecule has 4 rings (SSSR count). The average Bonchev–Trinajstić information content (AvgIpc) is 3.82. The number of nitrogens with zero attached hydrogens (tertiary/aromatic N) is 2. The van der Waals surface area contributed by atoms with Gasteiger partial charge in [-0.1, -0.05) is 80.1 Å². The second-order valence-corrected chi connectivity index (χ2v) is 22.6. The van der Waals surface area contributed by atoms with Crippen LogP contribution in [-0.4, -0.2) is 69.7 Å². The molecule has 0 aromatic heterocycles. The Morgan fingerprint density at radius 3 is 2.36 bits per heavy atom. The Bertz CT molecular complexity index is 1410. The van der Waals surface area contributed by atoms with Crippen LogP contribution >= 0.6 is 23.2 Å². The van der Waals surface area contributed by atoms with E-state index in [9.17, 15) is 8.42 Å². The van der Waals surface area contributed by atoms with Crippen molar-refractivity contribution in [1.82, 2.24) is 9.21 Å². The van der Waals surface area contributed by atoms with E-state index >= 15 is 4.79 Å². The van der Waals surface area contributed by atoms with Crippen molar-refractivity contribution in [2.45, 2.75) is 88.0 Å². The first kappa shape index (κ1) is 35.2. The maximum atomic E-state index is 15.1. The van der Waals surface area contributed by atoms with E-state index in [1.165, 1.54) is 4.31 Å². The number of hydrogen-bond donors (Lipinski definition) is 0. The molecule has 6 nitrogen and oxygen atoms in total. The summed E-state index contributed by atoms with van der Waals surface area (Å²) in [5, 5.41) is 0.914. The Labute approximate surface area is 275 Å². The van der Waals surface area contributed by atoms with Gasteiger partial charge in [0.2, 0.25) is 15.9 Å². The third-order valence-electron chi connectivity index (χ3n) is 9.09. The minimum atomic E-state index is -3.43. The third kappa shape index (κ3) is 8.17. The summed E-state index contributed by atoms with van der Waals surface area (Å²) in [6.45, 7) is 14.1. The highest BCUT2D eigenvalue weighted by Crippen LogP contribution is 2.53. The van der Waals surface area contributed by atoms with Gasteiger partial charge in [-0.25, -0.2) is 12.7 Å². The van der Waals surface area contributed by atoms with Crippen molar-refractivity contribution in [2.24, 2.45) is 5.41 Å². The maximum Gasteiger partial charge on any atom is 0.232 e. The summed E-state index contributed by atoms with van der Waals surface area (Å²) in [6, 6.07) is 15.8. The highest BCUT2D eigenvalue weighted by molar-refractivity contribution is 7.90. The molecule has 0 N–H and O–H groups in total. The molecular formula is C34H48Cl2N2O4SSi. The summed E-state index contributed by atoms with van der Waals surface area (Å²) in [4.78, 5) is 17.1. The number of carbonyl (C=O) groups excluding carboxylic acids is 1. The van der Waals surface area contributed by atoms with E-state index < -0.39 is 23.5 Å². The number of benzene rings is 2. The number of amides is 1. The van der Waals surface area contributed by atoms with E-state index in [0.717, 1.165) is 17.2 Å². The highest BCUT2D eigenvalue weighted by atomic mass is 35.5. The van der Waals surface area contributed by atoms with Crippen molar-refractivity contribution in [3.05, 3.63) is 82.4 Å². The molecule has 1 amide bonds. The number of sulfonamides is 1. The number of halogens is 2. The molecule has 2 aromatic rings. The molecule has 1 aliphatic carbocycles. The highest BCUT2D eigenvalue weighted by Gasteiger charge is 2.54. The molecule has 0 bridgehead atoms. The van der Waals surface area contributed by atoms with E-state index in [2.05, 4.69) is 32.3 Å². The number of piperidine rings is 1. The minimum absolute atomic E-state index is 0.0206. The van der Waals surface area contributed by atoms with Crippen molar-refractivity contribution >= 4 is 47.2 Å². The van der Waals surface area contributed by atoms with Gasteiger partial charge in [0.05, 0.1) is 23.3 Å². The fourth-order valence-corrected chi connectivity index (χ4v) is 9.11. The second-order valence-electron chi connectivity index (χ2n) is 13.8. The number of likely N-dealkylation sites (N-methyl/N-ethyl adjacent to an activating group) is 1. The lowest BCUT2D eigenvalue weighted by Gasteiger charge is -2.53. The standard InChI is InChI=1S/C34H48Cl2N2O4SSi/c1-7-18-34(24-42-19-20-44(4,5)6)22-31(26-10-9-11-28(36)21-26)32(25-12-14-27(35)15-13-25)38(33(34)39)29(8-2)23-37(3)43(40,41)30-16-17-30/h7,9-15,21,29-32H,1,8,16-20,22-24H2,2-6H3/t29-,31-,32-,34+/m1/s1. The second kappa shape index (κ2) is 14.4. The van der Waals surface area contributed by atoms with Gasteiger partial charge in [-0.05, 0) is 73.5 Å². The van der Waals surface area contributed by atoms with Crippen LogP contribution in [0.5, 0.6) is 0 Å². The Morgan fingerprint density at radius 2 is 1.80 bits per heavy atom. The molecule has 0 spiro atoms. The molecule has 10 heteroatoms. The van der Waals surface area contributed by atoms with Gasteiger partial charge in [-0.2, -0.15) is 0 Å². The molecule has 0 unspecified atom stereocenters.